The fourth-order valence-electron chi connectivity index (χ4n) is 0.974. The number of benzene rings is 1. The van der Waals surface area contributed by atoms with Gasteiger partial charge in [-0.2, -0.15) is 0 Å². The van der Waals surface area contributed by atoms with Crippen LogP contribution in [0, 0.1) is 11.6 Å². The average molecular weight is 252 g/mol. The Morgan fingerprint density at radius 1 is 1.46 bits per heavy atom. The summed E-state index contributed by atoms with van der Waals surface area (Å²) >= 11 is 2.90. The summed E-state index contributed by atoms with van der Waals surface area (Å²) in [7, 11) is 0. The van der Waals surface area contributed by atoms with Crippen LogP contribution in [-0.2, 0) is 0 Å². The normalized spacial score (nSPS) is 13.0. The van der Waals surface area contributed by atoms with Gasteiger partial charge in [-0.05, 0) is 28.1 Å². The van der Waals surface area contributed by atoms with Crippen LogP contribution >= 0.6 is 15.9 Å². The quantitative estimate of drug-likeness (QED) is 0.787. The molecule has 72 valence electrons. The predicted octanol–water partition coefficient (Wildman–Crippen LogP) is 1.72. The van der Waals surface area contributed by atoms with Crippen molar-refractivity contribution in [3.8, 4) is 0 Å². The van der Waals surface area contributed by atoms with Crippen molar-refractivity contribution >= 4 is 15.9 Å². The zero-order valence-corrected chi connectivity index (χ0v) is 8.18. The maximum atomic E-state index is 13.2. The molecule has 2 nitrogen and oxygen atoms in total. The molecule has 0 radical (unpaired) electrons. The Morgan fingerprint density at radius 3 is 2.62 bits per heavy atom. The molecule has 0 aromatic heterocycles. The molecule has 1 aromatic rings. The van der Waals surface area contributed by atoms with Crippen molar-refractivity contribution in [1.82, 2.24) is 0 Å². The first-order valence-electron chi connectivity index (χ1n) is 3.57. The van der Waals surface area contributed by atoms with Crippen molar-refractivity contribution in [2.75, 3.05) is 6.61 Å². The highest BCUT2D eigenvalue weighted by molar-refractivity contribution is 9.10. The van der Waals surface area contributed by atoms with Gasteiger partial charge in [-0.15, -0.1) is 0 Å². The summed E-state index contributed by atoms with van der Waals surface area (Å²) in [6, 6.07) is 1.31. The maximum absolute atomic E-state index is 13.2. The van der Waals surface area contributed by atoms with E-state index in [4.69, 9.17) is 10.8 Å². The zero-order valence-electron chi connectivity index (χ0n) is 6.60. The minimum absolute atomic E-state index is 0.132. The minimum Gasteiger partial charge on any atom is -0.394 e. The van der Waals surface area contributed by atoms with Gasteiger partial charge in [0, 0.05) is 5.56 Å². The van der Waals surface area contributed by atoms with Gasteiger partial charge in [-0.25, -0.2) is 8.78 Å². The first kappa shape index (κ1) is 10.6. The highest BCUT2D eigenvalue weighted by atomic mass is 79.9. The van der Waals surface area contributed by atoms with Crippen molar-refractivity contribution < 1.29 is 13.9 Å². The number of aliphatic hydroxyl groups is 1. The fourth-order valence-corrected chi connectivity index (χ4v) is 1.32. The van der Waals surface area contributed by atoms with Gasteiger partial charge >= 0.3 is 0 Å². The Bertz CT molecular complexity index is 319. The van der Waals surface area contributed by atoms with Crippen LogP contribution in [0.1, 0.15) is 11.6 Å². The Balaban J connectivity index is 3.25. The van der Waals surface area contributed by atoms with Crippen LogP contribution in [0.4, 0.5) is 8.78 Å². The van der Waals surface area contributed by atoms with Gasteiger partial charge < -0.3 is 10.8 Å². The average Bonchev–Trinajstić information content (AvgIpc) is 2.12. The van der Waals surface area contributed by atoms with Gasteiger partial charge in [-0.3, -0.25) is 0 Å². The van der Waals surface area contributed by atoms with Crippen LogP contribution in [0.15, 0.2) is 16.6 Å². The lowest BCUT2D eigenvalue weighted by Crippen LogP contribution is -2.18. The monoisotopic (exact) mass is 251 g/mol. The van der Waals surface area contributed by atoms with E-state index in [0.29, 0.717) is 0 Å². The van der Waals surface area contributed by atoms with Crippen LogP contribution in [0.25, 0.3) is 0 Å². The molecule has 0 unspecified atom stereocenters. The van der Waals surface area contributed by atoms with E-state index in [1.165, 1.54) is 6.07 Å². The molecule has 1 aromatic carbocycles. The number of nitrogens with two attached hydrogens (primary N) is 1. The van der Waals surface area contributed by atoms with Crippen LogP contribution in [-0.4, -0.2) is 11.7 Å². The topological polar surface area (TPSA) is 46.2 Å². The molecule has 13 heavy (non-hydrogen) atoms. The second kappa shape index (κ2) is 4.13. The second-order valence-corrected chi connectivity index (χ2v) is 3.40. The molecule has 0 aliphatic heterocycles. The van der Waals surface area contributed by atoms with E-state index >= 15 is 0 Å². The predicted molar refractivity (Wildman–Crippen MR) is 48.1 cm³/mol. The van der Waals surface area contributed by atoms with Crippen molar-refractivity contribution in [3.63, 3.8) is 0 Å². The van der Waals surface area contributed by atoms with E-state index < -0.39 is 24.3 Å². The SMILES string of the molecule is N[C@H](CO)c1c(F)ccc(Br)c1F. The minimum atomic E-state index is -1.03. The van der Waals surface area contributed by atoms with Crippen molar-refractivity contribution in [2.45, 2.75) is 6.04 Å². The van der Waals surface area contributed by atoms with E-state index in [2.05, 4.69) is 15.9 Å². The van der Waals surface area contributed by atoms with Gasteiger partial charge in [0.25, 0.3) is 0 Å². The van der Waals surface area contributed by atoms with E-state index in [1.807, 2.05) is 0 Å². The first-order valence-corrected chi connectivity index (χ1v) is 4.37. The third-order valence-electron chi connectivity index (χ3n) is 1.65. The molecule has 3 N–H and O–H groups in total. The third-order valence-corrected chi connectivity index (χ3v) is 2.26. The Labute approximate surface area is 82.5 Å². The third kappa shape index (κ3) is 2.04. The fraction of sp³-hybridized carbons (Fsp3) is 0.250. The molecule has 1 atom stereocenters. The second-order valence-electron chi connectivity index (χ2n) is 2.55. The van der Waals surface area contributed by atoms with E-state index in [-0.39, 0.29) is 10.0 Å². The van der Waals surface area contributed by atoms with E-state index in [9.17, 15) is 8.78 Å². The molecule has 0 amide bonds. The summed E-state index contributed by atoms with van der Waals surface area (Å²) in [5, 5.41) is 8.65. The lowest BCUT2D eigenvalue weighted by molar-refractivity contribution is 0.262. The molecule has 0 heterocycles. The van der Waals surface area contributed by atoms with Gasteiger partial charge in [0.2, 0.25) is 0 Å². The van der Waals surface area contributed by atoms with Crippen LogP contribution in [0.5, 0.6) is 0 Å². The largest absolute Gasteiger partial charge is 0.394 e. The van der Waals surface area contributed by atoms with Crippen molar-refractivity contribution in [1.29, 1.82) is 0 Å². The lowest BCUT2D eigenvalue weighted by atomic mass is 10.1. The van der Waals surface area contributed by atoms with E-state index in [1.54, 1.807) is 0 Å². The Kier molecular flexibility index (Phi) is 3.35. The van der Waals surface area contributed by atoms with Gasteiger partial charge in [-0.1, -0.05) is 0 Å². The van der Waals surface area contributed by atoms with Gasteiger partial charge in [0.05, 0.1) is 17.1 Å². The Hall–Kier alpha value is -0.520. The van der Waals surface area contributed by atoms with Gasteiger partial charge in [0.1, 0.15) is 11.6 Å². The summed E-state index contributed by atoms with van der Waals surface area (Å²) < 4.78 is 26.4. The molecule has 0 fully saturated rings. The molecular weight excluding hydrogens is 244 g/mol. The lowest BCUT2D eigenvalue weighted by Gasteiger charge is -2.11. The summed E-state index contributed by atoms with van der Waals surface area (Å²) in [6.45, 7) is -0.496. The number of hydrogen-bond acceptors (Lipinski definition) is 2. The van der Waals surface area contributed by atoms with Crippen LogP contribution < -0.4 is 5.73 Å². The highest BCUT2D eigenvalue weighted by Crippen LogP contribution is 2.25. The molecule has 1 rings (SSSR count). The van der Waals surface area contributed by atoms with E-state index in [0.717, 1.165) is 6.07 Å². The molecular formula is C8H8BrF2NO. The molecule has 0 spiro atoms. The summed E-state index contributed by atoms with van der Waals surface area (Å²) in [5.41, 5.74) is 5.02. The first-order chi connectivity index (χ1) is 6.07. The molecule has 0 aliphatic rings. The van der Waals surface area contributed by atoms with Gasteiger partial charge in [0.15, 0.2) is 0 Å². The molecule has 5 heteroatoms. The Morgan fingerprint density at radius 2 is 2.08 bits per heavy atom. The molecule has 0 bridgehead atoms. The maximum Gasteiger partial charge on any atom is 0.145 e. The number of hydrogen-bond donors (Lipinski definition) is 2. The summed E-state index contributed by atoms with van der Waals surface area (Å²) in [6.07, 6.45) is 0. The van der Waals surface area contributed by atoms with Crippen molar-refractivity contribution in [3.05, 3.63) is 33.8 Å². The number of rotatable bonds is 2. The molecule has 0 saturated heterocycles. The summed E-state index contributed by atoms with van der Waals surface area (Å²) in [5.74, 6) is -1.51. The summed E-state index contributed by atoms with van der Waals surface area (Å²) in [4.78, 5) is 0. The number of halogens is 3. The number of aliphatic hydroxyl groups excluding tert-OH is 1. The zero-order chi connectivity index (χ0) is 10.0. The molecule has 0 aliphatic carbocycles. The standard InChI is InChI=1S/C8H8BrF2NO/c9-4-1-2-5(10)7(8(4)11)6(12)3-13/h1-2,6,13H,3,12H2/t6-/m1/s1. The smallest absolute Gasteiger partial charge is 0.145 e. The van der Waals surface area contributed by atoms with Crippen molar-refractivity contribution in [2.24, 2.45) is 5.73 Å². The highest BCUT2D eigenvalue weighted by Gasteiger charge is 2.17. The van der Waals surface area contributed by atoms with Crippen LogP contribution in [0.2, 0.25) is 0 Å². The van der Waals surface area contributed by atoms with Crippen LogP contribution in [0.3, 0.4) is 0 Å². The molecule has 0 saturated carbocycles.